The van der Waals surface area contributed by atoms with E-state index >= 15 is 0 Å². The summed E-state index contributed by atoms with van der Waals surface area (Å²) in [4.78, 5) is 12.9. The second-order valence-electron chi connectivity index (χ2n) is 15.5. The van der Waals surface area contributed by atoms with Crippen molar-refractivity contribution in [3.63, 3.8) is 0 Å². The minimum atomic E-state index is 0.311. The van der Waals surface area contributed by atoms with E-state index in [0.29, 0.717) is 11.7 Å². The van der Waals surface area contributed by atoms with Crippen LogP contribution in [0.4, 0.5) is 0 Å². The highest BCUT2D eigenvalue weighted by molar-refractivity contribution is 6.12. The van der Waals surface area contributed by atoms with Crippen molar-refractivity contribution >= 4 is 43.7 Å². The Morgan fingerprint density at radius 3 is 1.81 bits per heavy atom. The minimum Gasteiger partial charge on any atom is -0.455 e. The molecule has 0 aliphatic rings. The Kier molecular flexibility index (Phi) is 8.26. The first-order chi connectivity index (χ1) is 29.1. The zero-order valence-corrected chi connectivity index (χ0v) is 32.7. The smallest absolute Gasteiger partial charge is 0.162 e. The molecule has 280 valence electrons. The molecule has 0 saturated carbocycles. The van der Waals surface area contributed by atoms with Crippen molar-refractivity contribution < 1.29 is 4.42 Å². The Hall–Kier alpha value is -7.63. The molecule has 0 saturated heterocycles. The van der Waals surface area contributed by atoms with Gasteiger partial charge in [-0.2, -0.15) is 0 Å². The van der Waals surface area contributed by atoms with Crippen LogP contribution in [0.15, 0.2) is 193 Å². The molecule has 0 bridgehead atoms. The first-order valence-electron chi connectivity index (χ1n) is 20.1. The van der Waals surface area contributed by atoms with Crippen LogP contribution in [0.3, 0.4) is 0 Å². The Morgan fingerprint density at radius 1 is 0.441 bits per heavy atom. The predicted molar refractivity (Wildman–Crippen MR) is 243 cm³/mol. The average molecular weight is 759 g/mol. The molecular weight excluding hydrogens is 721 g/mol. The Balaban J connectivity index is 1.02. The van der Waals surface area contributed by atoms with Crippen LogP contribution in [-0.2, 0) is 0 Å². The first-order valence-corrected chi connectivity index (χ1v) is 20.1. The highest BCUT2D eigenvalue weighted by Crippen LogP contribution is 2.41. The van der Waals surface area contributed by atoms with Gasteiger partial charge in [0.15, 0.2) is 5.82 Å². The van der Waals surface area contributed by atoms with Gasteiger partial charge >= 0.3 is 0 Å². The summed E-state index contributed by atoms with van der Waals surface area (Å²) in [6.45, 7) is 4.52. The van der Waals surface area contributed by atoms with Gasteiger partial charge in [0.05, 0.1) is 11.0 Å². The van der Waals surface area contributed by atoms with E-state index in [1.807, 2.05) is 0 Å². The van der Waals surface area contributed by atoms with Gasteiger partial charge in [-0.15, -0.1) is 0 Å². The van der Waals surface area contributed by atoms with Crippen LogP contribution in [0, 0.1) is 0 Å². The van der Waals surface area contributed by atoms with Gasteiger partial charge in [0.1, 0.15) is 23.8 Å². The Morgan fingerprint density at radius 2 is 1.05 bits per heavy atom. The molecule has 11 aromatic rings. The van der Waals surface area contributed by atoms with Crippen LogP contribution in [0.1, 0.15) is 25.3 Å². The van der Waals surface area contributed by atoms with Gasteiger partial charge < -0.3 is 8.98 Å². The van der Waals surface area contributed by atoms with Crippen molar-refractivity contribution in [1.29, 1.82) is 0 Å². The van der Waals surface area contributed by atoms with Crippen molar-refractivity contribution in [2.75, 3.05) is 0 Å². The zero-order valence-electron chi connectivity index (χ0n) is 32.7. The normalized spacial score (nSPS) is 11.7. The van der Waals surface area contributed by atoms with Crippen molar-refractivity contribution in [2.45, 2.75) is 19.8 Å². The number of fused-ring (bicyclic) bond motifs is 6. The standard InChI is InChI=1S/C54H38N4O/c1-34(2)42-27-43(29-44(28-42)58-50-20-7-6-17-46(50)48-31-41(21-23-51(48)58)54-56-32-55-33-57-54)45-18-10-19-47-49-30-40(22-24-52(49)59-53(45)47)39-16-9-15-38(26-39)37-14-8-13-36(25-37)35-11-4-3-5-12-35/h3-34H,1-2H3. The van der Waals surface area contributed by atoms with E-state index in [1.165, 1.54) is 38.8 Å². The molecule has 0 amide bonds. The van der Waals surface area contributed by atoms with E-state index in [9.17, 15) is 0 Å². The summed E-state index contributed by atoms with van der Waals surface area (Å²) in [5.41, 5.74) is 16.7. The largest absolute Gasteiger partial charge is 0.455 e. The van der Waals surface area contributed by atoms with Crippen LogP contribution in [0.25, 0.3) is 105 Å². The number of aromatic nitrogens is 4. The molecule has 8 aromatic carbocycles. The lowest BCUT2D eigenvalue weighted by molar-refractivity contribution is 0.670. The van der Waals surface area contributed by atoms with Crippen LogP contribution in [-0.4, -0.2) is 19.5 Å². The van der Waals surface area contributed by atoms with E-state index in [4.69, 9.17) is 4.42 Å². The lowest BCUT2D eigenvalue weighted by Gasteiger charge is -2.15. The van der Waals surface area contributed by atoms with Gasteiger partial charge in [0.2, 0.25) is 0 Å². The fourth-order valence-corrected chi connectivity index (χ4v) is 8.62. The molecule has 3 heterocycles. The molecular formula is C54H38N4O. The number of rotatable bonds is 7. The second kappa shape index (κ2) is 14.1. The maximum absolute atomic E-state index is 6.78. The third-order valence-corrected chi connectivity index (χ3v) is 11.6. The molecule has 0 fully saturated rings. The molecule has 0 N–H and O–H groups in total. The quantitative estimate of drug-likeness (QED) is 0.162. The second-order valence-corrected chi connectivity index (χ2v) is 15.5. The van der Waals surface area contributed by atoms with E-state index < -0.39 is 0 Å². The Bertz CT molecular complexity index is 3360. The SMILES string of the molecule is CC(C)c1cc(-c2cccc3c2oc2ccc(-c4cccc(-c5cccc(-c6ccccc6)c5)c4)cc23)cc(-n2c3ccccc3c3cc(-c4ncncn4)ccc32)c1. The minimum absolute atomic E-state index is 0.311. The van der Waals surface area contributed by atoms with Gasteiger partial charge in [0, 0.05) is 38.4 Å². The van der Waals surface area contributed by atoms with Crippen molar-refractivity contribution in [3.8, 4) is 61.6 Å². The molecule has 0 spiro atoms. The molecule has 11 rings (SSSR count). The van der Waals surface area contributed by atoms with Crippen LogP contribution < -0.4 is 0 Å². The van der Waals surface area contributed by atoms with Gasteiger partial charge in [0.25, 0.3) is 0 Å². The van der Waals surface area contributed by atoms with Crippen molar-refractivity contribution in [1.82, 2.24) is 19.5 Å². The highest BCUT2D eigenvalue weighted by Gasteiger charge is 2.19. The summed E-state index contributed by atoms with van der Waals surface area (Å²) < 4.78 is 9.16. The summed E-state index contributed by atoms with van der Waals surface area (Å²) in [6.07, 6.45) is 3.09. The molecule has 0 aliphatic carbocycles. The van der Waals surface area contributed by atoms with Crippen LogP contribution >= 0.6 is 0 Å². The van der Waals surface area contributed by atoms with Crippen LogP contribution in [0.5, 0.6) is 0 Å². The first kappa shape index (κ1) is 34.6. The Labute approximate surface area is 341 Å². The van der Waals surface area contributed by atoms with Gasteiger partial charge in [-0.1, -0.05) is 129 Å². The molecule has 3 aromatic heterocycles. The third kappa shape index (κ3) is 6.07. The average Bonchev–Trinajstić information content (AvgIpc) is 3.85. The zero-order chi connectivity index (χ0) is 39.5. The van der Waals surface area contributed by atoms with E-state index in [0.717, 1.165) is 66.3 Å². The maximum Gasteiger partial charge on any atom is 0.162 e. The molecule has 59 heavy (non-hydrogen) atoms. The maximum atomic E-state index is 6.78. The molecule has 5 heteroatoms. The summed E-state index contributed by atoms with van der Waals surface area (Å²) in [5.74, 6) is 0.971. The van der Waals surface area contributed by atoms with E-state index in [1.54, 1.807) is 12.7 Å². The number of nitrogens with zero attached hydrogens (tertiary/aromatic N) is 4. The number of benzene rings is 8. The van der Waals surface area contributed by atoms with Gasteiger partial charge in [-0.05, 0) is 111 Å². The topological polar surface area (TPSA) is 56.7 Å². The fourth-order valence-electron chi connectivity index (χ4n) is 8.62. The molecule has 0 unspecified atom stereocenters. The van der Waals surface area contributed by atoms with Crippen molar-refractivity contribution in [2.24, 2.45) is 0 Å². The van der Waals surface area contributed by atoms with E-state index in [2.05, 4.69) is 209 Å². The predicted octanol–water partition coefficient (Wildman–Crippen LogP) is 14.3. The molecule has 0 radical (unpaired) electrons. The number of hydrogen-bond donors (Lipinski definition) is 0. The summed E-state index contributed by atoms with van der Waals surface area (Å²) in [5, 5.41) is 4.53. The fraction of sp³-hybridized carbons (Fsp3) is 0.0556. The summed E-state index contributed by atoms with van der Waals surface area (Å²) >= 11 is 0. The molecule has 0 aliphatic heterocycles. The van der Waals surface area contributed by atoms with Gasteiger partial charge in [-0.3, -0.25) is 0 Å². The lowest BCUT2D eigenvalue weighted by atomic mass is 9.94. The van der Waals surface area contributed by atoms with E-state index in [-0.39, 0.29) is 0 Å². The summed E-state index contributed by atoms with van der Waals surface area (Å²) in [7, 11) is 0. The lowest BCUT2D eigenvalue weighted by Crippen LogP contribution is -1.98. The number of hydrogen-bond acceptors (Lipinski definition) is 4. The number of furan rings is 1. The molecule has 5 nitrogen and oxygen atoms in total. The summed E-state index contributed by atoms with van der Waals surface area (Å²) in [6, 6.07) is 63.3. The van der Waals surface area contributed by atoms with Crippen LogP contribution in [0.2, 0.25) is 0 Å². The number of para-hydroxylation sites is 2. The monoisotopic (exact) mass is 758 g/mol. The van der Waals surface area contributed by atoms with Crippen molar-refractivity contribution in [3.05, 3.63) is 194 Å². The highest BCUT2D eigenvalue weighted by atomic mass is 16.3. The molecule has 0 atom stereocenters. The van der Waals surface area contributed by atoms with Gasteiger partial charge in [-0.25, -0.2) is 15.0 Å². The third-order valence-electron chi connectivity index (χ3n) is 11.6.